The summed E-state index contributed by atoms with van der Waals surface area (Å²) in [4.78, 5) is 22.9. The second-order valence-electron chi connectivity index (χ2n) is 5.97. The van der Waals surface area contributed by atoms with Crippen LogP contribution in [0.2, 0.25) is 0 Å². The van der Waals surface area contributed by atoms with Crippen LogP contribution in [0, 0.1) is 11.8 Å². The zero-order valence-corrected chi connectivity index (χ0v) is 12.1. The van der Waals surface area contributed by atoms with Gasteiger partial charge in [-0.05, 0) is 38.0 Å². The quantitative estimate of drug-likeness (QED) is 0.693. The molecule has 0 saturated heterocycles. The maximum Gasteiger partial charge on any atom is 0.326 e. The van der Waals surface area contributed by atoms with Gasteiger partial charge in [-0.3, -0.25) is 0 Å². The molecule has 1 aliphatic carbocycles. The maximum atomic E-state index is 11.8. The number of carbonyl (C=O) groups is 2. The molecule has 0 aromatic rings. The molecule has 0 bridgehead atoms. The number of aliphatic carboxylic acids is 1. The third-order valence-electron chi connectivity index (χ3n) is 3.78. The summed E-state index contributed by atoms with van der Waals surface area (Å²) >= 11 is 0. The fourth-order valence-electron chi connectivity index (χ4n) is 2.67. The maximum absolute atomic E-state index is 11.8. The standard InChI is InChI=1S/C14H26N2O3/c1-9(2)8-12(13(17)18)16-14(19)15-10(3)11-6-4-5-7-11/h9-12H,4-8H2,1-3H3,(H,17,18)(H2,15,16,19). The third-order valence-corrected chi connectivity index (χ3v) is 3.78. The van der Waals surface area contributed by atoms with Gasteiger partial charge >= 0.3 is 12.0 Å². The van der Waals surface area contributed by atoms with Gasteiger partial charge in [0.2, 0.25) is 0 Å². The highest BCUT2D eigenvalue weighted by molar-refractivity contribution is 5.82. The molecule has 0 aliphatic heterocycles. The van der Waals surface area contributed by atoms with Crippen LogP contribution in [0.3, 0.4) is 0 Å². The second-order valence-corrected chi connectivity index (χ2v) is 5.97. The minimum Gasteiger partial charge on any atom is -0.480 e. The fraction of sp³-hybridized carbons (Fsp3) is 0.857. The number of carboxylic acids is 1. The zero-order chi connectivity index (χ0) is 14.4. The lowest BCUT2D eigenvalue weighted by atomic mass is 10.00. The lowest BCUT2D eigenvalue weighted by molar-refractivity contribution is -0.139. The molecule has 0 spiro atoms. The largest absolute Gasteiger partial charge is 0.480 e. The fourth-order valence-corrected chi connectivity index (χ4v) is 2.67. The van der Waals surface area contributed by atoms with Gasteiger partial charge in [0.15, 0.2) is 0 Å². The topological polar surface area (TPSA) is 78.4 Å². The van der Waals surface area contributed by atoms with E-state index in [9.17, 15) is 9.59 Å². The molecule has 19 heavy (non-hydrogen) atoms. The van der Waals surface area contributed by atoms with Crippen LogP contribution in [0.4, 0.5) is 4.79 Å². The molecule has 1 rings (SSSR count). The van der Waals surface area contributed by atoms with E-state index in [1.165, 1.54) is 12.8 Å². The van der Waals surface area contributed by atoms with Crippen molar-refractivity contribution in [1.82, 2.24) is 10.6 Å². The summed E-state index contributed by atoms with van der Waals surface area (Å²) < 4.78 is 0. The van der Waals surface area contributed by atoms with Crippen LogP contribution in [0.15, 0.2) is 0 Å². The van der Waals surface area contributed by atoms with Crippen LogP contribution in [-0.2, 0) is 4.79 Å². The molecule has 1 aliphatic rings. The average Bonchev–Trinajstić information content (AvgIpc) is 2.80. The van der Waals surface area contributed by atoms with E-state index in [1.54, 1.807) is 0 Å². The van der Waals surface area contributed by atoms with Crippen LogP contribution in [0.1, 0.15) is 52.9 Å². The number of amides is 2. The Balaban J connectivity index is 2.41. The summed E-state index contributed by atoms with van der Waals surface area (Å²) in [5, 5.41) is 14.5. The number of hydrogen-bond acceptors (Lipinski definition) is 2. The van der Waals surface area contributed by atoms with E-state index >= 15 is 0 Å². The summed E-state index contributed by atoms with van der Waals surface area (Å²) in [6.07, 6.45) is 5.19. The van der Waals surface area contributed by atoms with Crippen LogP contribution in [0.25, 0.3) is 0 Å². The summed E-state index contributed by atoms with van der Waals surface area (Å²) in [5.41, 5.74) is 0. The smallest absolute Gasteiger partial charge is 0.326 e. The predicted octanol–water partition coefficient (Wildman–Crippen LogP) is 2.36. The Morgan fingerprint density at radius 3 is 2.21 bits per heavy atom. The van der Waals surface area contributed by atoms with Crippen molar-refractivity contribution in [2.24, 2.45) is 11.8 Å². The van der Waals surface area contributed by atoms with E-state index < -0.39 is 12.0 Å². The SMILES string of the molecule is CC(C)CC(NC(=O)NC(C)C1CCCC1)C(=O)O. The molecular weight excluding hydrogens is 244 g/mol. The Labute approximate surface area is 115 Å². The van der Waals surface area contributed by atoms with Crippen LogP contribution >= 0.6 is 0 Å². The number of hydrogen-bond donors (Lipinski definition) is 3. The molecule has 1 saturated carbocycles. The molecular formula is C14H26N2O3. The van der Waals surface area contributed by atoms with E-state index in [1.807, 2.05) is 20.8 Å². The van der Waals surface area contributed by atoms with Crippen molar-refractivity contribution in [2.45, 2.75) is 65.0 Å². The lowest BCUT2D eigenvalue weighted by Crippen LogP contribution is -2.50. The number of carbonyl (C=O) groups excluding carboxylic acids is 1. The highest BCUT2D eigenvalue weighted by atomic mass is 16.4. The average molecular weight is 270 g/mol. The molecule has 5 nitrogen and oxygen atoms in total. The first kappa shape index (κ1) is 15.8. The van der Waals surface area contributed by atoms with Gasteiger partial charge in [-0.1, -0.05) is 26.7 Å². The number of nitrogens with one attached hydrogen (secondary N) is 2. The monoisotopic (exact) mass is 270 g/mol. The van der Waals surface area contributed by atoms with Gasteiger partial charge in [-0.25, -0.2) is 9.59 Å². The molecule has 110 valence electrons. The molecule has 0 aromatic carbocycles. The van der Waals surface area contributed by atoms with Crippen molar-refractivity contribution in [3.8, 4) is 0 Å². The highest BCUT2D eigenvalue weighted by Crippen LogP contribution is 2.27. The van der Waals surface area contributed by atoms with E-state index in [4.69, 9.17) is 5.11 Å². The van der Waals surface area contributed by atoms with Crippen LogP contribution in [-0.4, -0.2) is 29.2 Å². The van der Waals surface area contributed by atoms with Crippen molar-refractivity contribution in [3.63, 3.8) is 0 Å². The zero-order valence-electron chi connectivity index (χ0n) is 12.1. The van der Waals surface area contributed by atoms with Gasteiger partial charge in [0, 0.05) is 6.04 Å². The first-order chi connectivity index (χ1) is 8.90. The van der Waals surface area contributed by atoms with Crippen molar-refractivity contribution in [1.29, 1.82) is 0 Å². The first-order valence-electron chi connectivity index (χ1n) is 7.20. The molecule has 3 N–H and O–H groups in total. The first-order valence-corrected chi connectivity index (χ1v) is 7.20. The summed E-state index contributed by atoms with van der Waals surface area (Å²) in [6, 6.07) is -1.07. The Morgan fingerprint density at radius 1 is 1.16 bits per heavy atom. The molecule has 0 heterocycles. The van der Waals surface area contributed by atoms with E-state index in [0.717, 1.165) is 12.8 Å². The minimum atomic E-state index is -0.975. The summed E-state index contributed by atoms with van der Waals surface area (Å²) in [7, 11) is 0. The molecule has 0 radical (unpaired) electrons. The summed E-state index contributed by atoms with van der Waals surface area (Å²) in [5.74, 6) is -0.217. The molecule has 2 unspecified atom stereocenters. The lowest BCUT2D eigenvalue weighted by Gasteiger charge is -2.23. The van der Waals surface area contributed by atoms with Gasteiger partial charge in [0.1, 0.15) is 6.04 Å². The van der Waals surface area contributed by atoms with Gasteiger partial charge < -0.3 is 15.7 Å². The van der Waals surface area contributed by atoms with Gasteiger partial charge in [0.25, 0.3) is 0 Å². The Kier molecular flexibility index (Phi) is 6.12. The number of rotatable bonds is 6. The van der Waals surface area contributed by atoms with Crippen molar-refractivity contribution >= 4 is 12.0 Å². The molecule has 2 atom stereocenters. The molecule has 2 amide bonds. The van der Waals surface area contributed by atoms with E-state index in [2.05, 4.69) is 10.6 Å². The van der Waals surface area contributed by atoms with Crippen LogP contribution < -0.4 is 10.6 Å². The second kappa shape index (κ2) is 7.36. The van der Waals surface area contributed by atoms with Crippen molar-refractivity contribution in [2.75, 3.05) is 0 Å². The Bertz CT molecular complexity index is 312. The van der Waals surface area contributed by atoms with E-state index in [0.29, 0.717) is 12.3 Å². The van der Waals surface area contributed by atoms with Gasteiger partial charge in [0.05, 0.1) is 0 Å². The molecule has 1 fully saturated rings. The normalized spacial score (nSPS) is 19.2. The van der Waals surface area contributed by atoms with Crippen molar-refractivity contribution in [3.05, 3.63) is 0 Å². The van der Waals surface area contributed by atoms with Gasteiger partial charge in [-0.2, -0.15) is 0 Å². The third kappa shape index (κ3) is 5.49. The minimum absolute atomic E-state index is 0.107. The number of carboxylic acid groups (broad SMARTS) is 1. The summed E-state index contributed by atoms with van der Waals surface area (Å²) in [6.45, 7) is 5.88. The molecule has 0 aromatic heterocycles. The Morgan fingerprint density at radius 2 is 1.74 bits per heavy atom. The highest BCUT2D eigenvalue weighted by Gasteiger charge is 2.25. The van der Waals surface area contributed by atoms with Crippen molar-refractivity contribution < 1.29 is 14.7 Å². The van der Waals surface area contributed by atoms with Gasteiger partial charge in [-0.15, -0.1) is 0 Å². The predicted molar refractivity (Wildman–Crippen MR) is 74.0 cm³/mol. The molecule has 5 heteroatoms. The number of urea groups is 1. The van der Waals surface area contributed by atoms with E-state index in [-0.39, 0.29) is 18.0 Å². The Hall–Kier alpha value is -1.26. The van der Waals surface area contributed by atoms with Crippen LogP contribution in [0.5, 0.6) is 0 Å².